The SMILES string of the molecule is CC(C)CCN(C)c1ncccc1CNCC(C)C. The highest BCUT2D eigenvalue weighted by atomic mass is 15.2. The fourth-order valence-corrected chi connectivity index (χ4v) is 1.97. The fraction of sp³-hybridized carbons (Fsp3) is 0.688. The summed E-state index contributed by atoms with van der Waals surface area (Å²) in [4.78, 5) is 6.81. The largest absolute Gasteiger partial charge is 0.359 e. The van der Waals surface area contributed by atoms with Crippen LogP contribution in [0.25, 0.3) is 0 Å². The van der Waals surface area contributed by atoms with Crippen molar-refractivity contribution in [3.05, 3.63) is 23.9 Å². The van der Waals surface area contributed by atoms with Crippen molar-refractivity contribution >= 4 is 5.82 Å². The quantitative estimate of drug-likeness (QED) is 0.780. The van der Waals surface area contributed by atoms with E-state index in [1.807, 2.05) is 12.3 Å². The van der Waals surface area contributed by atoms with Crippen molar-refractivity contribution in [2.24, 2.45) is 11.8 Å². The zero-order valence-electron chi connectivity index (χ0n) is 13.1. The number of anilines is 1. The molecule has 0 spiro atoms. The summed E-state index contributed by atoms with van der Waals surface area (Å²) in [5.74, 6) is 2.52. The topological polar surface area (TPSA) is 28.2 Å². The zero-order chi connectivity index (χ0) is 14.3. The molecular weight excluding hydrogens is 234 g/mol. The second-order valence-corrected chi connectivity index (χ2v) is 6.11. The molecule has 0 atom stereocenters. The maximum atomic E-state index is 4.54. The molecule has 0 aliphatic carbocycles. The van der Waals surface area contributed by atoms with Crippen molar-refractivity contribution in [2.75, 3.05) is 25.0 Å². The van der Waals surface area contributed by atoms with E-state index in [-0.39, 0.29) is 0 Å². The molecule has 1 rings (SSSR count). The number of aromatic nitrogens is 1. The molecule has 0 bridgehead atoms. The maximum Gasteiger partial charge on any atom is 0.132 e. The smallest absolute Gasteiger partial charge is 0.132 e. The molecule has 1 aromatic heterocycles. The van der Waals surface area contributed by atoms with Crippen molar-refractivity contribution in [3.8, 4) is 0 Å². The molecule has 0 aromatic carbocycles. The molecule has 0 radical (unpaired) electrons. The number of hydrogen-bond acceptors (Lipinski definition) is 3. The highest BCUT2D eigenvalue weighted by Gasteiger charge is 2.09. The monoisotopic (exact) mass is 263 g/mol. The standard InChI is InChI=1S/C16H29N3/c1-13(2)8-10-19(5)16-15(7-6-9-18-16)12-17-11-14(3)4/h6-7,9,13-14,17H,8,10-12H2,1-5H3. The molecule has 108 valence electrons. The van der Waals surface area contributed by atoms with Crippen LogP contribution in [-0.4, -0.2) is 25.1 Å². The third-order valence-electron chi connectivity index (χ3n) is 3.14. The van der Waals surface area contributed by atoms with E-state index in [2.05, 4.69) is 56.0 Å². The number of nitrogens with zero attached hydrogens (tertiary/aromatic N) is 2. The van der Waals surface area contributed by atoms with Gasteiger partial charge in [-0.3, -0.25) is 0 Å². The van der Waals surface area contributed by atoms with E-state index >= 15 is 0 Å². The Morgan fingerprint density at radius 2 is 1.95 bits per heavy atom. The summed E-state index contributed by atoms with van der Waals surface area (Å²) < 4.78 is 0. The van der Waals surface area contributed by atoms with Gasteiger partial charge in [-0.05, 0) is 30.9 Å². The Labute approximate surface area is 118 Å². The average Bonchev–Trinajstić information content (AvgIpc) is 2.36. The van der Waals surface area contributed by atoms with Crippen LogP contribution in [0, 0.1) is 11.8 Å². The van der Waals surface area contributed by atoms with E-state index < -0.39 is 0 Å². The first-order valence-corrected chi connectivity index (χ1v) is 7.36. The van der Waals surface area contributed by atoms with E-state index in [0.717, 1.165) is 31.4 Å². The average molecular weight is 263 g/mol. The van der Waals surface area contributed by atoms with Crippen LogP contribution in [0.15, 0.2) is 18.3 Å². The first kappa shape index (κ1) is 16.0. The molecule has 0 saturated heterocycles. The Hall–Kier alpha value is -1.09. The maximum absolute atomic E-state index is 4.54. The van der Waals surface area contributed by atoms with Gasteiger partial charge in [-0.2, -0.15) is 0 Å². The van der Waals surface area contributed by atoms with Crippen LogP contribution < -0.4 is 10.2 Å². The number of rotatable bonds is 8. The highest BCUT2D eigenvalue weighted by molar-refractivity contribution is 5.45. The van der Waals surface area contributed by atoms with Gasteiger partial charge in [-0.15, -0.1) is 0 Å². The zero-order valence-corrected chi connectivity index (χ0v) is 13.1. The molecule has 0 fully saturated rings. The minimum atomic E-state index is 0.679. The molecule has 3 heteroatoms. The van der Waals surface area contributed by atoms with E-state index in [9.17, 15) is 0 Å². The molecular formula is C16H29N3. The summed E-state index contributed by atoms with van der Waals surface area (Å²) in [5.41, 5.74) is 1.29. The predicted molar refractivity (Wildman–Crippen MR) is 83.5 cm³/mol. The lowest BCUT2D eigenvalue weighted by atomic mass is 10.1. The second-order valence-electron chi connectivity index (χ2n) is 6.11. The van der Waals surface area contributed by atoms with Crippen LogP contribution in [0.1, 0.15) is 39.7 Å². The molecule has 1 N–H and O–H groups in total. The van der Waals surface area contributed by atoms with E-state index in [0.29, 0.717) is 5.92 Å². The Kier molecular flexibility index (Phi) is 6.85. The van der Waals surface area contributed by atoms with Gasteiger partial charge >= 0.3 is 0 Å². The minimum absolute atomic E-state index is 0.679. The van der Waals surface area contributed by atoms with Crippen LogP contribution in [0.4, 0.5) is 5.82 Å². The summed E-state index contributed by atoms with van der Waals surface area (Å²) in [6.07, 6.45) is 3.08. The number of hydrogen-bond donors (Lipinski definition) is 1. The first-order chi connectivity index (χ1) is 9.00. The molecule has 1 aromatic rings. The van der Waals surface area contributed by atoms with Crippen LogP contribution in [0.5, 0.6) is 0 Å². The van der Waals surface area contributed by atoms with E-state index in [1.54, 1.807) is 0 Å². The fourth-order valence-electron chi connectivity index (χ4n) is 1.97. The van der Waals surface area contributed by atoms with Gasteiger partial charge < -0.3 is 10.2 Å². The van der Waals surface area contributed by atoms with Gasteiger partial charge in [0.15, 0.2) is 0 Å². The second kappa shape index (κ2) is 8.16. The molecule has 19 heavy (non-hydrogen) atoms. The molecule has 0 unspecified atom stereocenters. The van der Waals surface area contributed by atoms with Crippen molar-refractivity contribution in [1.29, 1.82) is 0 Å². The number of nitrogens with one attached hydrogen (secondary N) is 1. The summed E-state index contributed by atoms with van der Waals surface area (Å²) in [6.45, 7) is 12.0. The van der Waals surface area contributed by atoms with Gasteiger partial charge in [-0.1, -0.05) is 33.8 Å². The lowest BCUT2D eigenvalue weighted by Crippen LogP contribution is -2.25. The summed E-state index contributed by atoms with van der Waals surface area (Å²) in [7, 11) is 2.14. The van der Waals surface area contributed by atoms with Crippen molar-refractivity contribution in [1.82, 2.24) is 10.3 Å². The highest BCUT2D eigenvalue weighted by Crippen LogP contribution is 2.16. The van der Waals surface area contributed by atoms with Crippen LogP contribution in [0.2, 0.25) is 0 Å². The first-order valence-electron chi connectivity index (χ1n) is 7.36. The summed E-state index contributed by atoms with van der Waals surface area (Å²) in [6, 6.07) is 4.19. The van der Waals surface area contributed by atoms with Gasteiger partial charge in [0.2, 0.25) is 0 Å². The van der Waals surface area contributed by atoms with Crippen molar-refractivity contribution in [2.45, 2.75) is 40.7 Å². The van der Waals surface area contributed by atoms with Crippen molar-refractivity contribution in [3.63, 3.8) is 0 Å². The van der Waals surface area contributed by atoms with Gasteiger partial charge in [0.05, 0.1) is 0 Å². The molecule has 0 aliphatic rings. The van der Waals surface area contributed by atoms with Crippen LogP contribution >= 0.6 is 0 Å². The normalized spacial score (nSPS) is 11.3. The number of pyridine rings is 1. The Morgan fingerprint density at radius 3 is 2.58 bits per heavy atom. The molecule has 0 saturated carbocycles. The van der Waals surface area contributed by atoms with E-state index in [1.165, 1.54) is 12.0 Å². The van der Waals surface area contributed by atoms with Crippen LogP contribution in [0.3, 0.4) is 0 Å². The van der Waals surface area contributed by atoms with Gasteiger partial charge in [0, 0.05) is 31.9 Å². The van der Waals surface area contributed by atoms with Crippen molar-refractivity contribution < 1.29 is 0 Å². The summed E-state index contributed by atoms with van der Waals surface area (Å²) >= 11 is 0. The molecule has 1 heterocycles. The van der Waals surface area contributed by atoms with Gasteiger partial charge in [0.1, 0.15) is 5.82 Å². The third-order valence-corrected chi connectivity index (χ3v) is 3.14. The van der Waals surface area contributed by atoms with Gasteiger partial charge in [-0.25, -0.2) is 4.98 Å². The Bertz CT molecular complexity index is 361. The molecule has 3 nitrogen and oxygen atoms in total. The summed E-state index contributed by atoms with van der Waals surface area (Å²) in [5, 5.41) is 3.49. The minimum Gasteiger partial charge on any atom is -0.359 e. The Morgan fingerprint density at radius 1 is 1.21 bits per heavy atom. The molecule has 0 aliphatic heterocycles. The molecule has 0 amide bonds. The van der Waals surface area contributed by atoms with Gasteiger partial charge in [0.25, 0.3) is 0 Å². The van der Waals surface area contributed by atoms with Crippen LogP contribution in [-0.2, 0) is 6.54 Å². The third kappa shape index (κ3) is 6.06. The van der Waals surface area contributed by atoms with E-state index in [4.69, 9.17) is 0 Å². The Balaban J connectivity index is 2.61. The lowest BCUT2D eigenvalue weighted by molar-refractivity contribution is 0.550. The predicted octanol–water partition coefficient (Wildman–Crippen LogP) is 3.31. The lowest BCUT2D eigenvalue weighted by Gasteiger charge is -2.22.